The molecule has 2 heterocycles. The average Bonchev–Trinajstić information content (AvgIpc) is 3.08. The molecule has 2 aromatic carbocycles. The summed E-state index contributed by atoms with van der Waals surface area (Å²) in [5.74, 6) is 0.376. The van der Waals surface area contributed by atoms with Gasteiger partial charge in [-0.25, -0.2) is 0 Å². The second-order valence-electron chi connectivity index (χ2n) is 12.6. The van der Waals surface area contributed by atoms with Crippen LogP contribution in [0.3, 0.4) is 0 Å². The molecule has 267 valence electrons. The highest BCUT2D eigenvalue weighted by Crippen LogP contribution is 2.23. The number of hydrogen-bond donors (Lipinski definition) is 3. The number of amides is 2. The van der Waals surface area contributed by atoms with Crippen molar-refractivity contribution in [2.75, 3.05) is 36.8 Å². The number of unbranched alkanes of at least 4 members (excludes halogenated alkanes) is 2. The van der Waals surface area contributed by atoms with E-state index in [2.05, 4.69) is 98.0 Å². The zero-order valence-electron chi connectivity index (χ0n) is 30.4. The van der Waals surface area contributed by atoms with Gasteiger partial charge in [-0.05, 0) is 102 Å². The number of para-hydroxylation sites is 2. The van der Waals surface area contributed by atoms with Gasteiger partial charge < -0.3 is 15.5 Å². The van der Waals surface area contributed by atoms with Crippen molar-refractivity contribution in [3.63, 3.8) is 0 Å². The van der Waals surface area contributed by atoms with E-state index in [1.165, 1.54) is 56.3 Å². The summed E-state index contributed by atoms with van der Waals surface area (Å²) in [4.78, 5) is 29.3. The van der Waals surface area contributed by atoms with Gasteiger partial charge >= 0.3 is 0 Å². The van der Waals surface area contributed by atoms with Crippen molar-refractivity contribution >= 4 is 79.3 Å². The predicted octanol–water partition coefficient (Wildman–Crippen LogP) is 7.38. The van der Waals surface area contributed by atoms with Gasteiger partial charge in [-0.1, -0.05) is 69.5 Å². The van der Waals surface area contributed by atoms with Crippen molar-refractivity contribution in [1.29, 1.82) is 0 Å². The van der Waals surface area contributed by atoms with Crippen LogP contribution < -0.4 is 15.5 Å². The molecule has 0 bridgehead atoms. The highest BCUT2D eigenvalue weighted by atomic mass is 35.5. The maximum atomic E-state index is 12.7. The average molecular weight is 737 g/mol. The first-order valence-electron chi connectivity index (χ1n) is 17.5. The number of quaternary nitrogens is 1. The molecule has 2 aromatic rings. The molecule has 4 rings (SSSR count). The Balaban J connectivity index is 0.000000797. The van der Waals surface area contributed by atoms with Gasteiger partial charge in [-0.3, -0.25) is 14.5 Å². The fourth-order valence-electron chi connectivity index (χ4n) is 6.46. The number of carbonyl (C=O) groups excluding carboxylic acids is 2. The highest BCUT2D eigenvalue weighted by Gasteiger charge is 2.32. The minimum absolute atomic E-state index is 0. The molecule has 12 heteroatoms. The molecule has 5 atom stereocenters. The molecule has 2 amide bonds. The van der Waals surface area contributed by atoms with Crippen LogP contribution in [0, 0.1) is 27.7 Å². The zero-order valence-corrected chi connectivity index (χ0v) is 34.3. The zero-order chi connectivity index (χ0) is 35.2. The quantitative estimate of drug-likeness (QED) is 0.176. The van der Waals surface area contributed by atoms with E-state index in [-0.39, 0.29) is 36.3 Å². The lowest BCUT2D eigenvalue weighted by Gasteiger charge is -2.34. The number of carbonyl (C=O) groups is 2. The van der Waals surface area contributed by atoms with Crippen LogP contribution in [0.2, 0.25) is 0 Å². The third-order valence-corrected chi connectivity index (χ3v) is 9.08. The first kappa shape index (κ1) is 46.9. The second-order valence-corrected chi connectivity index (χ2v) is 13.6. The lowest BCUT2D eigenvalue weighted by Crippen LogP contribution is -3.17. The number of hydrogen-bond acceptors (Lipinski definition) is 3. The van der Waals surface area contributed by atoms with Crippen LogP contribution >= 0.6 is 42.1 Å². The van der Waals surface area contributed by atoms with Gasteiger partial charge in [0.15, 0.2) is 6.04 Å². The van der Waals surface area contributed by atoms with Crippen molar-refractivity contribution in [3.8, 4) is 0 Å². The van der Waals surface area contributed by atoms with Crippen molar-refractivity contribution in [1.82, 2.24) is 4.90 Å². The molecule has 0 saturated carbocycles. The fraction of sp³-hybridized carbons (Fsp3) is 0.611. The van der Waals surface area contributed by atoms with Crippen LogP contribution in [0.15, 0.2) is 36.4 Å². The van der Waals surface area contributed by atoms with E-state index in [4.69, 9.17) is 11.5 Å². The smallest absolute Gasteiger partial charge is 0.282 e. The molecule has 2 aliphatic heterocycles. The van der Waals surface area contributed by atoms with Gasteiger partial charge in [0.05, 0.1) is 26.7 Å². The first-order chi connectivity index (χ1) is 22.7. The van der Waals surface area contributed by atoms with Crippen molar-refractivity contribution in [2.45, 2.75) is 118 Å². The van der Waals surface area contributed by atoms with E-state index in [0.29, 0.717) is 0 Å². The topological polar surface area (TPSA) is 65.9 Å². The maximum absolute atomic E-state index is 12.7. The Morgan fingerprint density at radius 2 is 1.33 bits per heavy atom. The van der Waals surface area contributed by atoms with Gasteiger partial charge in [0.25, 0.3) is 12.3 Å². The second kappa shape index (κ2) is 27.6. The standard InChI is InChI=1S/2C18H28N2O.BClH2P.BH2P.ClH/c2*1-4-5-12-20-13-7-6-11-16(20)18(21)19-17-14(2)9-8-10-15(17)3;2-1-3;1-2;/h2*8-10,16H,4-7,11-13H2,1-3H3,(H,19,21);3H2;2H2;1H/p+1. The van der Waals surface area contributed by atoms with Crippen molar-refractivity contribution in [3.05, 3.63) is 58.7 Å². The summed E-state index contributed by atoms with van der Waals surface area (Å²) >= 11 is 4.84. The highest BCUT2D eigenvalue weighted by molar-refractivity contribution is 7.66. The lowest BCUT2D eigenvalue weighted by molar-refractivity contribution is -0.921. The molecule has 0 aliphatic carbocycles. The number of nitrogens with one attached hydrogen (secondary N) is 3. The van der Waals surface area contributed by atoms with E-state index < -0.39 is 0 Å². The van der Waals surface area contributed by atoms with Gasteiger partial charge in [0.2, 0.25) is 5.91 Å². The number of nitrogens with zero attached hydrogens (tertiary/aromatic N) is 1. The Hall–Kier alpha value is -1.13. The Kier molecular flexibility index (Phi) is 26.9. The predicted molar refractivity (Wildman–Crippen MR) is 220 cm³/mol. The third-order valence-electron chi connectivity index (χ3n) is 9.08. The number of likely N-dealkylation sites (tertiary alicyclic amines) is 2. The van der Waals surface area contributed by atoms with Crippen LogP contribution in [0.25, 0.3) is 0 Å². The largest absolute Gasteiger partial charge is 0.325 e. The Morgan fingerprint density at radius 3 is 1.83 bits per heavy atom. The van der Waals surface area contributed by atoms with Crippen LogP contribution in [0.1, 0.15) is 100 Å². The molecule has 6 nitrogen and oxygen atoms in total. The summed E-state index contributed by atoms with van der Waals surface area (Å²) in [6.07, 6.45) is 13.0. The molecule has 3 radical (unpaired) electrons. The van der Waals surface area contributed by atoms with Gasteiger partial charge in [0, 0.05) is 17.8 Å². The lowest BCUT2D eigenvalue weighted by atomic mass is 10.00. The monoisotopic (exact) mass is 736 g/mol. The maximum Gasteiger partial charge on any atom is 0.282 e. The fourth-order valence-corrected chi connectivity index (χ4v) is 6.46. The normalized spacial score (nSPS) is 18.6. The molecular weight excluding hydrogens is 675 g/mol. The van der Waals surface area contributed by atoms with E-state index in [9.17, 15) is 9.59 Å². The van der Waals surface area contributed by atoms with Crippen LogP contribution in [0.4, 0.5) is 11.4 Å². The number of piperidine rings is 2. The van der Waals surface area contributed by atoms with E-state index in [1.807, 2.05) is 21.3 Å². The van der Waals surface area contributed by atoms with E-state index in [1.54, 1.807) is 0 Å². The number of benzene rings is 2. The third kappa shape index (κ3) is 16.3. The minimum atomic E-state index is 0. The molecule has 2 fully saturated rings. The van der Waals surface area contributed by atoms with E-state index in [0.717, 1.165) is 79.1 Å². The van der Waals surface area contributed by atoms with Crippen LogP contribution in [-0.4, -0.2) is 69.0 Å². The molecular formula is C36H62B2Cl2N4O2P2+. The number of halogens is 2. The number of rotatable bonds is 10. The molecule has 0 spiro atoms. The summed E-state index contributed by atoms with van der Waals surface area (Å²) < 4.78 is 0. The first-order valence-corrected chi connectivity index (χ1v) is 19.2. The van der Waals surface area contributed by atoms with Crippen molar-refractivity contribution < 1.29 is 14.5 Å². The van der Waals surface area contributed by atoms with E-state index >= 15 is 0 Å². The Bertz CT molecular complexity index is 1070. The minimum Gasteiger partial charge on any atom is -0.325 e. The molecule has 2 saturated heterocycles. The number of anilines is 2. The van der Waals surface area contributed by atoms with Gasteiger partial charge in [-0.15, -0.1) is 12.4 Å². The van der Waals surface area contributed by atoms with Crippen molar-refractivity contribution in [2.24, 2.45) is 0 Å². The van der Waals surface area contributed by atoms with Crippen LogP contribution in [-0.2, 0) is 9.59 Å². The van der Waals surface area contributed by atoms with Gasteiger partial charge in [-0.2, -0.15) is 29.7 Å². The Morgan fingerprint density at radius 1 is 0.854 bits per heavy atom. The molecule has 0 aromatic heterocycles. The molecule has 5 unspecified atom stereocenters. The van der Waals surface area contributed by atoms with Crippen LogP contribution in [0.5, 0.6) is 0 Å². The SMILES string of the molecule is CCCCN1CCCCC1C(=O)Nc1c(C)cccc1C.CCCC[NH+]1CCCCC1C(=O)Nc1c(C)cccc1C.Cl.P[B]Cl.[B]P. The summed E-state index contributed by atoms with van der Waals surface area (Å²) in [5, 5.41) is 6.37. The summed E-state index contributed by atoms with van der Waals surface area (Å²) in [5.41, 5.74) is 6.56. The number of aryl methyl sites for hydroxylation is 4. The van der Waals surface area contributed by atoms with Gasteiger partial charge in [0.1, 0.15) is 0 Å². The molecule has 48 heavy (non-hydrogen) atoms. The Labute approximate surface area is 310 Å². The summed E-state index contributed by atoms with van der Waals surface area (Å²) in [6, 6.07) is 12.5. The summed E-state index contributed by atoms with van der Waals surface area (Å²) in [7, 11) is 8.55. The summed E-state index contributed by atoms with van der Waals surface area (Å²) in [6.45, 7) is 17.0. The molecule has 3 N–H and O–H groups in total. The molecule has 2 aliphatic rings.